The van der Waals surface area contributed by atoms with E-state index in [1.807, 2.05) is 54.6 Å². The Hall–Kier alpha value is -3.47. The monoisotopic (exact) mass is 376 g/mol. The number of ether oxygens (including phenoxy) is 4. The summed E-state index contributed by atoms with van der Waals surface area (Å²) in [4.78, 5) is 12.5. The number of hydrogen-bond acceptors (Lipinski definition) is 5. The summed E-state index contributed by atoms with van der Waals surface area (Å²) in [6, 6.07) is 13.7. The van der Waals surface area contributed by atoms with Crippen LogP contribution in [0.3, 0.4) is 0 Å². The van der Waals surface area contributed by atoms with Crippen molar-refractivity contribution in [2.75, 3.05) is 21.3 Å². The topological polar surface area (TPSA) is 54.0 Å². The van der Waals surface area contributed by atoms with E-state index >= 15 is 0 Å². The van der Waals surface area contributed by atoms with Gasteiger partial charge in [-0.05, 0) is 28.6 Å². The van der Waals surface area contributed by atoms with Crippen molar-refractivity contribution in [3.63, 3.8) is 0 Å². The normalized spacial score (nSPS) is 12.9. The maximum atomic E-state index is 12.5. The Labute approximate surface area is 163 Å². The molecule has 0 aliphatic carbocycles. The molecule has 0 bridgehead atoms. The summed E-state index contributed by atoms with van der Waals surface area (Å²) in [6.45, 7) is 0.188. The Morgan fingerprint density at radius 2 is 1.57 bits per heavy atom. The maximum Gasteiger partial charge on any atom is 0.339 e. The number of fused-ring (bicyclic) bond motifs is 2. The van der Waals surface area contributed by atoms with Crippen LogP contribution >= 0.6 is 0 Å². The lowest BCUT2D eigenvalue weighted by molar-refractivity contribution is 0.0534. The third-order valence-electron chi connectivity index (χ3n) is 4.90. The van der Waals surface area contributed by atoms with Gasteiger partial charge in [0.1, 0.15) is 12.4 Å². The minimum Gasteiger partial charge on any atom is -0.496 e. The third-order valence-corrected chi connectivity index (χ3v) is 4.90. The largest absolute Gasteiger partial charge is 0.496 e. The molecule has 0 aromatic heterocycles. The fourth-order valence-electron chi connectivity index (χ4n) is 3.59. The highest BCUT2D eigenvalue weighted by molar-refractivity contribution is 6.10. The van der Waals surface area contributed by atoms with E-state index in [1.165, 1.54) is 0 Å². The summed E-state index contributed by atoms with van der Waals surface area (Å²) in [5.41, 5.74) is 3.09. The summed E-state index contributed by atoms with van der Waals surface area (Å²) in [7, 11) is 4.77. The summed E-state index contributed by atoms with van der Waals surface area (Å²) in [5.74, 6) is 1.44. The molecule has 0 amide bonds. The smallest absolute Gasteiger partial charge is 0.339 e. The predicted octanol–water partition coefficient (Wildman–Crippen LogP) is 4.71. The molecule has 3 aromatic carbocycles. The van der Waals surface area contributed by atoms with Gasteiger partial charge < -0.3 is 18.9 Å². The average Bonchev–Trinajstić information content (AvgIpc) is 3.12. The molecule has 3 aromatic rings. The van der Waals surface area contributed by atoms with Crippen LogP contribution in [-0.4, -0.2) is 27.3 Å². The Morgan fingerprint density at radius 3 is 2.21 bits per heavy atom. The quantitative estimate of drug-likeness (QED) is 0.477. The van der Waals surface area contributed by atoms with Gasteiger partial charge in [-0.25, -0.2) is 4.79 Å². The summed E-state index contributed by atoms with van der Waals surface area (Å²) >= 11 is 0. The lowest BCUT2D eigenvalue weighted by atomic mass is 9.93. The van der Waals surface area contributed by atoms with Gasteiger partial charge in [0, 0.05) is 10.9 Å². The molecule has 1 heterocycles. The van der Waals surface area contributed by atoms with E-state index < -0.39 is 0 Å². The number of esters is 1. The zero-order valence-corrected chi connectivity index (χ0v) is 15.9. The van der Waals surface area contributed by atoms with E-state index in [0.717, 1.165) is 27.5 Å². The van der Waals surface area contributed by atoms with Gasteiger partial charge in [-0.3, -0.25) is 0 Å². The van der Waals surface area contributed by atoms with Crippen LogP contribution in [0.2, 0.25) is 0 Å². The Balaban J connectivity index is 2.05. The number of carbonyl (C=O) groups excluding carboxylic acids is 1. The fourth-order valence-corrected chi connectivity index (χ4v) is 3.59. The van der Waals surface area contributed by atoms with E-state index in [2.05, 4.69) is 0 Å². The summed E-state index contributed by atoms with van der Waals surface area (Å²) in [5, 5.41) is 1.67. The number of methoxy groups -OCH3 is 3. The molecular weight excluding hydrogens is 356 g/mol. The van der Waals surface area contributed by atoms with Crippen LogP contribution in [-0.2, 0) is 11.3 Å². The van der Waals surface area contributed by atoms with Crippen LogP contribution < -0.4 is 14.2 Å². The molecule has 0 spiro atoms. The first-order valence-electron chi connectivity index (χ1n) is 8.86. The van der Waals surface area contributed by atoms with Crippen molar-refractivity contribution in [3.8, 4) is 17.2 Å². The number of hydrogen-bond donors (Lipinski definition) is 0. The zero-order chi connectivity index (χ0) is 19.7. The summed E-state index contributed by atoms with van der Waals surface area (Å²) < 4.78 is 21.9. The van der Waals surface area contributed by atoms with Crippen molar-refractivity contribution in [3.05, 3.63) is 64.7 Å². The second-order valence-electron chi connectivity index (χ2n) is 6.37. The van der Waals surface area contributed by atoms with Crippen LogP contribution in [0.5, 0.6) is 17.2 Å². The number of cyclic esters (lactones) is 1. The first-order valence-corrected chi connectivity index (χ1v) is 8.86. The summed E-state index contributed by atoms with van der Waals surface area (Å²) in [6.07, 6.45) is 3.91. The zero-order valence-electron chi connectivity index (χ0n) is 15.9. The molecule has 28 heavy (non-hydrogen) atoms. The van der Waals surface area contributed by atoms with Gasteiger partial charge in [-0.1, -0.05) is 42.5 Å². The predicted molar refractivity (Wildman–Crippen MR) is 108 cm³/mol. The maximum absolute atomic E-state index is 12.5. The van der Waals surface area contributed by atoms with Crippen molar-refractivity contribution in [2.24, 2.45) is 0 Å². The lowest BCUT2D eigenvalue weighted by Gasteiger charge is -2.16. The average molecular weight is 376 g/mol. The minimum absolute atomic E-state index is 0.188. The van der Waals surface area contributed by atoms with Crippen LogP contribution in [0, 0.1) is 0 Å². The molecule has 0 fully saturated rings. The van der Waals surface area contributed by atoms with Gasteiger partial charge in [-0.2, -0.15) is 0 Å². The molecule has 0 unspecified atom stereocenters. The molecule has 1 aliphatic rings. The van der Waals surface area contributed by atoms with Gasteiger partial charge in [0.05, 0.1) is 26.9 Å². The van der Waals surface area contributed by atoms with Crippen molar-refractivity contribution in [2.45, 2.75) is 6.61 Å². The second-order valence-corrected chi connectivity index (χ2v) is 6.37. The van der Waals surface area contributed by atoms with E-state index in [9.17, 15) is 4.79 Å². The Morgan fingerprint density at radius 1 is 0.893 bits per heavy atom. The molecule has 0 saturated heterocycles. The van der Waals surface area contributed by atoms with Crippen LogP contribution in [0.1, 0.15) is 27.0 Å². The molecule has 0 saturated carbocycles. The molecular formula is C23H20O5. The van der Waals surface area contributed by atoms with Gasteiger partial charge in [0.25, 0.3) is 0 Å². The highest BCUT2D eigenvalue weighted by atomic mass is 16.5. The Kier molecular flexibility index (Phi) is 4.65. The van der Waals surface area contributed by atoms with Crippen LogP contribution in [0.15, 0.2) is 42.5 Å². The standard InChI is InChI=1S/C23H20O5/c1-25-19-11-16-15(10-9-14-7-5-4-6-8-14)21-18(13-28-23(21)24)22(27-3)17(16)12-20(19)26-2/h4-12H,13H2,1-3H3. The van der Waals surface area contributed by atoms with Crippen molar-refractivity contribution in [1.82, 2.24) is 0 Å². The molecule has 142 valence electrons. The fraction of sp³-hybridized carbons (Fsp3) is 0.174. The van der Waals surface area contributed by atoms with Crippen molar-refractivity contribution >= 4 is 28.9 Å². The highest BCUT2D eigenvalue weighted by Gasteiger charge is 2.31. The highest BCUT2D eigenvalue weighted by Crippen LogP contribution is 2.44. The SMILES string of the molecule is COc1cc2c(C=Cc3ccccc3)c3c(c(OC)c2cc1OC)COC3=O. The first kappa shape index (κ1) is 17.9. The molecule has 5 heteroatoms. The van der Waals surface area contributed by atoms with E-state index in [-0.39, 0.29) is 12.6 Å². The number of rotatable bonds is 5. The molecule has 1 aliphatic heterocycles. The third kappa shape index (κ3) is 2.85. The Bertz CT molecular complexity index is 1080. The van der Waals surface area contributed by atoms with Crippen LogP contribution in [0.4, 0.5) is 0 Å². The van der Waals surface area contributed by atoms with Gasteiger partial charge >= 0.3 is 5.97 Å². The molecule has 0 radical (unpaired) electrons. The van der Waals surface area contributed by atoms with E-state index in [0.29, 0.717) is 22.8 Å². The van der Waals surface area contributed by atoms with Crippen molar-refractivity contribution in [1.29, 1.82) is 0 Å². The van der Waals surface area contributed by atoms with Crippen LogP contribution in [0.25, 0.3) is 22.9 Å². The molecule has 0 N–H and O–H groups in total. The number of carbonyl (C=O) groups is 1. The van der Waals surface area contributed by atoms with Gasteiger partial charge in [0.15, 0.2) is 11.5 Å². The van der Waals surface area contributed by atoms with Gasteiger partial charge in [-0.15, -0.1) is 0 Å². The number of benzene rings is 3. The second kappa shape index (κ2) is 7.27. The van der Waals surface area contributed by atoms with E-state index in [1.54, 1.807) is 21.3 Å². The van der Waals surface area contributed by atoms with Gasteiger partial charge in [0.2, 0.25) is 0 Å². The molecule has 0 atom stereocenters. The molecule has 5 nitrogen and oxygen atoms in total. The van der Waals surface area contributed by atoms with Crippen molar-refractivity contribution < 1.29 is 23.7 Å². The first-order chi connectivity index (χ1) is 13.7. The minimum atomic E-state index is -0.349. The molecule has 4 rings (SSSR count). The van der Waals surface area contributed by atoms with E-state index in [4.69, 9.17) is 18.9 Å². The lowest BCUT2D eigenvalue weighted by Crippen LogP contribution is -2.02.